The van der Waals surface area contributed by atoms with Gasteiger partial charge in [-0.3, -0.25) is 4.79 Å². The molecule has 0 saturated carbocycles. The Kier molecular flexibility index (Phi) is 4.53. The molecule has 7 heteroatoms. The number of rotatable bonds is 4. The van der Waals surface area contributed by atoms with Crippen LogP contribution in [0.15, 0.2) is 47.6 Å². The monoisotopic (exact) mass is 347 g/mol. The van der Waals surface area contributed by atoms with Crippen molar-refractivity contribution in [2.45, 2.75) is 17.3 Å². The highest BCUT2D eigenvalue weighted by Gasteiger charge is 2.19. The molecule has 3 aromatic rings. The second-order valence-corrected chi connectivity index (χ2v) is 6.62. The molecule has 1 amide bonds. The number of aryl methyl sites for hydroxylation is 1. The molecule has 0 aliphatic carbocycles. The maximum absolute atomic E-state index is 13.6. The minimum Gasteiger partial charge on any atom is -0.323 e. The molecular formula is C17H15F2N3OS. The van der Waals surface area contributed by atoms with Gasteiger partial charge in [-0.1, -0.05) is 23.9 Å². The standard InChI is InChI=1S/C17H15F2N3OS/c1-10(16(23)20-14-9-11(18)7-8-12(14)19)24-17-21-13-5-3-4-6-15(13)22(17)2/h3-10H,1-2H3,(H,20,23). The van der Waals surface area contributed by atoms with Crippen LogP contribution in [-0.2, 0) is 11.8 Å². The molecule has 0 fully saturated rings. The third-order valence-corrected chi connectivity index (χ3v) is 4.73. The van der Waals surface area contributed by atoms with Gasteiger partial charge in [0.15, 0.2) is 5.16 Å². The minimum atomic E-state index is -0.676. The molecule has 1 N–H and O–H groups in total. The van der Waals surface area contributed by atoms with Crippen molar-refractivity contribution in [2.75, 3.05) is 5.32 Å². The molecular weight excluding hydrogens is 332 g/mol. The summed E-state index contributed by atoms with van der Waals surface area (Å²) >= 11 is 1.26. The normalized spacial score (nSPS) is 12.3. The summed E-state index contributed by atoms with van der Waals surface area (Å²) in [6.45, 7) is 1.69. The third kappa shape index (κ3) is 3.26. The van der Waals surface area contributed by atoms with E-state index < -0.39 is 22.8 Å². The number of thioether (sulfide) groups is 1. The van der Waals surface area contributed by atoms with E-state index in [4.69, 9.17) is 0 Å². The molecule has 0 spiro atoms. The topological polar surface area (TPSA) is 46.9 Å². The number of para-hydroxylation sites is 2. The molecule has 4 nitrogen and oxygen atoms in total. The Morgan fingerprint density at radius 2 is 2.00 bits per heavy atom. The number of aromatic nitrogens is 2. The molecule has 1 heterocycles. The molecule has 0 aliphatic rings. The number of carbonyl (C=O) groups excluding carboxylic acids is 1. The first-order valence-corrected chi connectivity index (χ1v) is 8.17. The fourth-order valence-corrected chi connectivity index (χ4v) is 3.16. The summed E-state index contributed by atoms with van der Waals surface area (Å²) in [5.74, 6) is -1.71. The van der Waals surface area contributed by atoms with Crippen molar-refractivity contribution >= 4 is 34.4 Å². The Labute approximate surface area is 141 Å². The van der Waals surface area contributed by atoms with E-state index in [1.54, 1.807) is 6.92 Å². The van der Waals surface area contributed by atoms with Gasteiger partial charge in [0.1, 0.15) is 11.6 Å². The van der Waals surface area contributed by atoms with Gasteiger partial charge in [-0.2, -0.15) is 0 Å². The highest BCUT2D eigenvalue weighted by molar-refractivity contribution is 8.00. The van der Waals surface area contributed by atoms with Crippen molar-refractivity contribution < 1.29 is 13.6 Å². The Bertz CT molecular complexity index is 910. The van der Waals surface area contributed by atoms with Crippen LogP contribution < -0.4 is 5.32 Å². The van der Waals surface area contributed by atoms with E-state index in [0.29, 0.717) is 5.16 Å². The molecule has 0 bridgehead atoms. The maximum Gasteiger partial charge on any atom is 0.237 e. The van der Waals surface area contributed by atoms with Crippen LogP contribution in [-0.4, -0.2) is 20.7 Å². The van der Waals surface area contributed by atoms with Gasteiger partial charge in [0, 0.05) is 13.1 Å². The van der Waals surface area contributed by atoms with E-state index in [2.05, 4.69) is 10.3 Å². The SMILES string of the molecule is CC(Sc1nc2ccccc2n1C)C(=O)Nc1cc(F)ccc1F. The van der Waals surface area contributed by atoms with E-state index in [0.717, 1.165) is 29.2 Å². The largest absolute Gasteiger partial charge is 0.323 e. The molecule has 0 saturated heterocycles. The number of imidazole rings is 1. The molecule has 1 aromatic heterocycles. The predicted octanol–water partition coefficient (Wildman–Crippen LogP) is 3.97. The van der Waals surface area contributed by atoms with Gasteiger partial charge in [-0.15, -0.1) is 0 Å². The fraction of sp³-hybridized carbons (Fsp3) is 0.176. The van der Waals surface area contributed by atoms with E-state index in [9.17, 15) is 13.6 Å². The number of anilines is 1. The van der Waals surface area contributed by atoms with Crippen LogP contribution in [0.1, 0.15) is 6.92 Å². The highest BCUT2D eigenvalue weighted by atomic mass is 32.2. The van der Waals surface area contributed by atoms with Crippen molar-refractivity contribution in [3.05, 3.63) is 54.1 Å². The van der Waals surface area contributed by atoms with Crippen molar-refractivity contribution in [3.63, 3.8) is 0 Å². The van der Waals surface area contributed by atoms with Crippen molar-refractivity contribution in [2.24, 2.45) is 7.05 Å². The average Bonchev–Trinajstić information content (AvgIpc) is 2.87. The van der Waals surface area contributed by atoms with E-state index in [1.165, 1.54) is 11.8 Å². The van der Waals surface area contributed by atoms with E-state index in [1.807, 2.05) is 35.9 Å². The summed E-state index contributed by atoms with van der Waals surface area (Å²) in [4.78, 5) is 16.7. The zero-order chi connectivity index (χ0) is 17.3. The van der Waals surface area contributed by atoms with Crippen LogP contribution >= 0.6 is 11.8 Å². The van der Waals surface area contributed by atoms with Crippen LogP contribution in [0.4, 0.5) is 14.5 Å². The summed E-state index contributed by atoms with van der Waals surface area (Å²) in [7, 11) is 1.87. The number of nitrogens with zero attached hydrogens (tertiary/aromatic N) is 2. The van der Waals surface area contributed by atoms with Crippen molar-refractivity contribution in [1.82, 2.24) is 9.55 Å². The minimum absolute atomic E-state index is 0.169. The molecule has 24 heavy (non-hydrogen) atoms. The zero-order valence-corrected chi connectivity index (χ0v) is 13.9. The molecule has 1 atom stereocenters. The lowest BCUT2D eigenvalue weighted by molar-refractivity contribution is -0.115. The summed E-state index contributed by atoms with van der Waals surface area (Å²) in [5.41, 5.74) is 1.63. The first kappa shape index (κ1) is 16.4. The van der Waals surface area contributed by atoms with Gasteiger partial charge in [-0.05, 0) is 31.2 Å². The van der Waals surface area contributed by atoms with Crippen molar-refractivity contribution in [1.29, 1.82) is 0 Å². The Balaban J connectivity index is 1.76. The number of halogens is 2. The second-order valence-electron chi connectivity index (χ2n) is 5.32. The van der Waals surface area contributed by atoms with Gasteiger partial charge in [0.2, 0.25) is 5.91 Å². The van der Waals surface area contributed by atoms with Crippen LogP contribution in [0.25, 0.3) is 11.0 Å². The number of amides is 1. The molecule has 3 rings (SSSR count). The fourth-order valence-electron chi connectivity index (χ4n) is 2.27. The summed E-state index contributed by atoms with van der Waals surface area (Å²) < 4.78 is 28.7. The zero-order valence-electron chi connectivity index (χ0n) is 13.1. The lowest BCUT2D eigenvalue weighted by Gasteiger charge is -2.12. The summed E-state index contributed by atoms with van der Waals surface area (Å²) in [5, 5.41) is 2.57. The quantitative estimate of drug-likeness (QED) is 0.727. The molecule has 0 radical (unpaired) electrons. The Morgan fingerprint density at radius 1 is 1.25 bits per heavy atom. The molecule has 124 valence electrons. The lowest BCUT2D eigenvalue weighted by Crippen LogP contribution is -2.23. The molecule has 2 aromatic carbocycles. The number of fused-ring (bicyclic) bond motifs is 1. The van der Waals surface area contributed by atoms with E-state index in [-0.39, 0.29) is 5.69 Å². The van der Waals surface area contributed by atoms with Gasteiger partial charge in [-0.25, -0.2) is 13.8 Å². The summed E-state index contributed by atoms with van der Waals surface area (Å²) in [6.07, 6.45) is 0. The third-order valence-electron chi connectivity index (χ3n) is 3.58. The van der Waals surface area contributed by atoms with Gasteiger partial charge in [0.05, 0.1) is 22.0 Å². The van der Waals surface area contributed by atoms with Crippen LogP contribution in [0.2, 0.25) is 0 Å². The van der Waals surface area contributed by atoms with Crippen LogP contribution in [0, 0.1) is 11.6 Å². The number of nitrogens with one attached hydrogen (secondary N) is 1. The first-order valence-electron chi connectivity index (χ1n) is 7.29. The Morgan fingerprint density at radius 3 is 2.75 bits per heavy atom. The van der Waals surface area contributed by atoms with Gasteiger partial charge < -0.3 is 9.88 Å². The number of carbonyl (C=O) groups is 1. The number of benzene rings is 2. The smallest absolute Gasteiger partial charge is 0.237 e. The number of hydrogen-bond acceptors (Lipinski definition) is 3. The van der Waals surface area contributed by atoms with E-state index >= 15 is 0 Å². The summed E-state index contributed by atoms with van der Waals surface area (Å²) in [6, 6.07) is 10.6. The van der Waals surface area contributed by atoms with Crippen LogP contribution in [0.3, 0.4) is 0 Å². The second kappa shape index (κ2) is 6.60. The first-order chi connectivity index (χ1) is 11.5. The molecule has 1 unspecified atom stereocenters. The predicted molar refractivity (Wildman–Crippen MR) is 91.0 cm³/mol. The highest BCUT2D eigenvalue weighted by Crippen LogP contribution is 2.27. The van der Waals surface area contributed by atoms with Gasteiger partial charge >= 0.3 is 0 Å². The van der Waals surface area contributed by atoms with Crippen molar-refractivity contribution in [3.8, 4) is 0 Å². The van der Waals surface area contributed by atoms with Gasteiger partial charge in [0.25, 0.3) is 0 Å². The Hall–Kier alpha value is -2.41. The average molecular weight is 347 g/mol. The maximum atomic E-state index is 13.6. The molecule has 0 aliphatic heterocycles. The van der Waals surface area contributed by atoms with Crippen LogP contribution in [0.5, 0.6) is 0 Å². The number of hydrogen-bond donors (Lipinski definition) is 1. The lowest BCUT2D eigenvalue weighted by atomic mass is 10.3.